The first-order chi connectivity index (χ1) is 11.2. The number of nitrogens with one attached hydrogen (secondary N) is 1. The van der Waals surface area contributed by atoms with Crippen LogP contribution in [0.2, 0.25) is 0 Å². The van der Waals surface area contributed by atoms with Gasteiger partial charge >= 0.3 is 18.4 Å². The van der Waals surface area contributed by atoms with Gasteiger partial charge in [-0.3, -0.25) is 4.79 Å². The highest BCUT2D eigenvalue weighted by Crippen LogP contribution is 2.22. The maximum atomic E-state index is 12.1. The number of likely N-dealkylation sites (tertiary alicyclic amines) is 1. The van der Waals surface area contributed by atoms with Crippen LogP contribution in [0.3, 0.4) is 0 Å². The molecule has 0 saturated carbocycles. The van der Waals surface area contributed by atoms with Gasteiger partial charge in [0, 0.05) is 19.6 Å². The van der Waals surface area contributed by atoms with Crippen molar-refractivity contribution < 1.29 is 32.6 Å². The number of carbonyl (C=O) groups is 2. The molecule has 1 aromatic carbocycles. The van der Waals surface area contributed by atoms with Crippen molar-refractivity contribution in [1.29, 1.82) is 0 Å². The lowest BCUT2D eigenvalue weighted by Gasteiger charge is -2.30. The summed E-state index contributed by atoms with van der Waals surface area (Å²) < 4.78 is 40.0. The van der Waals surface area contributed by atoms with Gasteiger partial charge in [0.15, 0.2) is 0 Å². The van der Waals surface area contributed by atoms with E-state index >= 15 is 0 Å². The molecule has 0 aromatic heterocycles. The lowest BCUT2D eigenvalue weighted by Crippen LogP contribution is -2.46. The predicted molar refractivity (Wildman–Crippen MR) is 77.3 cm³/mol. The van der Waals surface area contributed by atoms with Gasteiger partial charge in [-0.25, -0.2) is 4.79 Å². The van der Waals surface area contributed by atoms with Crippen molar-refractivity contribution in [3.8, 4) is 5.75 Å². The van der Waals surface area contributed by atoms with E-state index in [2.05, 4.69) is 10.1 Å². The second-order valence-electron chi connectivity index (χ2n) is 5.47. The van der Waals surface area contributed by atoms with Crippen LogP contribution in [0.5, 0.6) is 5.75 Å². The molecule has 1 unspecified atom stereocenters. The number of nitrogens with zero attached hydrogens (tertiary/aromatic N) is 1. The number of carbonyl (C=O) groups excluding carboxylic acids is 1. The minimum absolute atomic E-state index is 0.124. The molecule has 0 radical (unpaired) electrons. The van der Waals surface area contributed by atoms with Crippen LogP contribution in [0.4, 0.5) is 18.0 Å². The number of halogens is 3. The molecular formula is C15H17F3N2O4. The van der Waals surface area contributed by atoms with Crippen molar-refractivity contribution in [3.05, 3.63) is 29.8 Å². The summed E-state index contributed by atoms with van der Waals surface area (Å²) in [6.07, 6.45) is -3.58. The molecule has 1 aliphatic rings. The molecule has 24 heavy (non-hydrogen) atoms. The summed E-state index contributed by atoms with van der Waals surface area (Å²) >= 11 is 0. The highest BCUT2D eigenvalue weighted by atomic mass is 19.4. The zero-order valence-electron chi connectivity index (χ0n) is 12.7. The Morgan fingerprint density at radius 2 is 1.96 bits per heavy atom. The summed E-state index contributed by atoms with van der Waals surface area (Å²) in [7, 11) is 0. The summed E-state index contributed by atoms with van der Waals surface area (Å²) in [6.45, 7) is 0.757. The van der Waals surface area contributed by atoms with Crippen molar-refractivity contribution in [1.82, 2.24) is 10.2 Å². The largest absolute Gasteiger partial charge is 0.573 e. The van der Waals surface area contributed by atoms with E-state index in [-0.39, 0.29) is 18.8 Å². The molecule has 0 bridgehead atoms. The van der Waals surface area contributed by atoms with Gasteiger partial charge in [0.05, 0.1) is 5.92 Å². The highest BCUT2D eigenvalue weighted by Gasteiger charge is 2.31. The number of benzene rings is 1. The Hall–Kier alpha value is -2.45. The molecule has 0 aliphatic carbocycles. The summed E-state index contributed by atoms with van der Waals surface area (Å²) in [5.74, 6) is -1.83. The second-order valence-corrected chi connectivity index (χ2v) is 5.47. The van der Waals surface area contributed by atoms with Crippen LogP contribution in [0.1, 0.15) is 18.4 Å². The van der Waals surface area contributed by atoms with E-state index < -0.39 is 24.3 Å². The Morgan fingerprint density at radius 3 is 2.54 bits per heavy atom. The average Bonchev–Trinajstić information content (AvgIpc) is 2.52. The highest BCUT2D eigenvalue weighted by molar-refractivity contribution is 5.76. The Labute approximate surface area is 136 Å². The molecule has 2 amide bonds. The molecule has 9 heteroatoms. The number of alkyl halides is 3. The first-order valence-electron chi connectivity index (χ1n) is 7.35. The van der Waals surface area contributed by atoms with Crippen LogP contribution in [0.15, 0.2) is 24.3 Å². The van der Waals surface area contributed by atoms with E-state index in [1.165, 1.54) is 17.0 Å². The SMILES string of the molecule is O=C(O)C1CCCN(C(=O)NCc2ccc(OC(F)(F)F)cc2)C1. The van der Waals surface area contributed by atoms with Crippen molar-refractivity contribution in [2.45, 2.75) is 25.7 Å². The van der Waals surface area contributed by atoms with Crippen molar-refractivity contribution in [2.75, 3.05) is 13.1 Å². The fraction of sp³-hybridized carbons (Fsp3) is 0.467. The van der Waals surface area contributed by atoms with E-state index in [4.69, 9.17) is 5.11 Å². The van der Waals surface area contributed by atoms with Gasteiger partial charge in [0.2, 0.25) is 0 Å². The summed E-state index contributed by atoms with van der Waals surface area (Å²) in [6, 6.07) is 4.76. The molecule has 2 rings (SSSR count). The zero-order valence-corrected chi connectivity index (χ0v) is 12.7. The van der Waals surface area contributed by atoms with Gasteiger partial charge in [-0.1, -0.05) is 12.1 Å². The van der Waals surface area contributed by atoms with Gasteiger partial charge < -0.3 is 20.1 Å². The maximum Gasteiger partial charge on any atom is 0.573 e. The number of hydrogen-bond acceptors (Lipinski definition) is 3. The van der Waals surface area contributed by atoms with Gasteiger partial charge in [0.1, 0.15) is 5.75 Å². The number of ether oxygens (including phenoxy) is 1. The summed E-state index contributed by atoms with van der Waals surface area (Å²) in [5.41, 5.74) is 0.602. The third kappa shape index (κ3) is 5.32. The van der Waals surface area contributed by atoms with Crippen LogP contribution >= 0.6 is 0 Å². The minimum atomic E-state index is -4.75. The Kier molecular flexibility index (Phi) is 5.53. The first kappa shape index (κ1) is 17.9. The number of piperidine rings is 1. The van der Waals surface area contributed by atoms with Gasteiger partial charge in [-0.15, -0.1) is 13.2 Å². The van der Waals surface area contributed by atoms with Crippen LogP contribution in [0, 0.1) is 5.92 Å². The number of urea groups is 1. The number of aliphatic carboxylic acids is 1. The number of hydrogen-bond donors (Lipinski definition) is 2. The van der Waals surface area contributed by atoms with Crippen LogP contribution in [-0.2, 0) is 11.3 Å². The Morgan fingerprint density at radius 1 is 1.29 bits per heavy atom. The lowest BCUT2D eigenvalue weighted by atomic mass is 9.99. The van der Waals surface area contributed by atoms with Crippen LogP contribution < -0.4 is 10.1 Å². The van der Waals surface area contributed by atoms with Crippen molar-refractivity contribution >= 4 is 12.0 Å². The van der Waals surface area contributed by atoms with E-state index in [1.807, 2.05) is 0 Å². The molecule has 132 valence electrons. The predicted octanol–water partition coefficient (Wildman–Crippen LogP) is 2.59. The molecular weight excluding hydrogens is 329 g/mol. The molecule has 0 spiro atoms. The van der Waals surface area contributed by atoms with Crippen molar-refractivity contribution in [2.24, 2.45) is 5.92 Å². The maximum absolute atomic E-state index is 12.1. The molecule has 1 saturated heterocycles. The topological polar surface area (TPSA) is 78.9 Å². The smallest absolute Gasteiger partial charge is 0.481 e. The summed E-state index contributed by atoms with van der Waals surface area (Å²) in [5, 5.41) is 11.6. The molecule has 2 N–H and O–H groups in total. The third-order valence-electron chi connectivity index (χ3n) is 3.66. The van der Waals surface area contributed by atoms with Crippen LogP contribution in [0.25, 0.3) is 0 Å². The molecule has 6 nitrogen and oxygen atoms in total. The zero-order chi connectivity index (χ0) is 17.7. The second kappa shape index (κ2) is 7.41. The molecule has 1 aliphatic heterocycles. The van der Waals surface area contributed by atoms with Gasteiger partial charge in [-0.05, 0) is 30.5 Å². The van der Waals surface area contributed by atoms with E-state index in [1.54, 1.807) is 0 Å². The quantitative estimate of drug-likeness (QED) is 0.878. The van der Waals surface area contributed by atoms with Crippen LogP contribution in [-0.4, -0.2) is 41.5 Å². The molecule has 1 atom stereocenters. The lowest BCUT2D eigenvalue weighted by molar-refractivity contribution is -0.274. The Bertz CT molecular complexity index is 589. The van der Waals surface area contributed by atoms with E-state index in [0.717, 1.165) is 12.1 Å². The van der Waals surface area contributed by atoms with Crippen molar-refractivity contribution in [3.63, 3.8) is 0 Å². The molecule has 1 fully saturated rings. The normalized spacial score (nSPS) is 18.1. The van der Waals surface area contributed by atoms with E-state index in [9.17, 15) is 22.8 Å². The molecule has 1 heterocycles. The number of rotatable bonds is 4. The van der Waals surface area contributed by atoms with Gasteiger partial charge in [-0.2, -0.15) is 0 Å². The standard InChI is InChI=1S/C15H17F3N2O4/c16-15(17,18)24-12-5-3-10(4-6-12)8-19-14(23)20-7-1-2-11(9-20)13(21)22/h3-6,11H,1-2,7-9H2,(H,19,23)(H,21,22). The monoisotopic (exact) mass is 346 g/mol. The number of amides is 2. The first-order valence-corrected chi connectivity index (χ1v) is 7.35. The van der Waals surface area contributed by atoms with Gasteiger partial charge in [0.25, 0.3) is 0 Å². The summed E-state index contributed by atoms with van der Waals surface area (Å²) in [4.78, 5) is 24.5. The fourth-order valence-electron chi connectivity index (χ4n) is 2.46. The molecule has 1 aromatic rings. The number of carboxylic acids is 1. The Balaban J connectivity index is 1.84. The minimum Gasteiger partial charge on any atom is -0.481 e. The fourth-order valence-corrected chi connectivity index (χ4v) is 2.46. The third-order valence-corrected chi connectivity index (χ3v) is 3.66. The van der Waals surface area contributed by atoms with E-state index in [0.29, 0.717) is 24.9 Å². The average molecular weight is 346 g/mol. The number of carboxylic acid groups (broad SMARTS) is 1.